The van der Waals surface area contributed by atoms with Crippen molar-refractivity contribution in [3.63, 3.8) is 0 Å². The zero-order chi connectivity index (χ0) is 7.86. The smallest absolute Gasteiger partial charge is 0.450 e. The number of hydrogen-bond acceptors (Lipinski definition) is 3. The molecule has 1 unspecified atom stereocenters. The van der Waals surface area contributed by atoms with Gasteiger partial charge in [0, 0.05) is 12.6 Å². The SMILES string of the molecule is CC(N)CN.O=C(O)O. The van der Waals surface area contributed by atoms with Gasteiger partial charge in [-0.25, -0.2) is 4.79 Å². The Kier molecular flexibility index (Phi) is 8.83. The van der Waals surface area contributed by atoms with Crippen molar-refractivity contribution in [3.8, 4) is 0 Å². The van der Waals surface area contributed by atoms with E-state index >= 15 is 0 Å². The second kappa shape index (κ2) is 7.19. The molecule has 0 saturated carbocycles. The first-order valence-corrected chi connectivity index (χ1v) is 2.38. The minimum Gasteiger partial charge on any atom is -0.450 e. The van der Waals surface area contributed by atoms with Gasteiger partial charge in [0.05, 0.1) is 0 Å². The summed E-state index contributed by atoms with van der Waals surface area (Å²) in [6, 6.07) is 0.162. The Hall–Kier alpha value is -0.810. The van der Waals surface area contributed by atoms with Crippen LogP contribution in [0.25, 0.3) is 0 Å². The van der Waals surface area contributed by atoms with E-state index in [-0.39, 0.29) is 6.04 Å². The summed E-state index contributed by atoms with van der Waals surface area (Å²) in [7, 11) is 0. The van der Waals surface area contributed by atoms with Gasteiger partial charge in [-0.1, -0.05) is 0 Å². The van der Waals surface area contributed by atoms with E-state index in [0.29, 0.717) is 6.54 Å². The van der Waals surface area contributed by atoms with Gasteiger partial charge in [0.25, 0.3) is 0 Å². The number of hydrogen-bond donors (Lipinski definition) is 4. The van der Waals surface area contributed by atoms with Crippen molar-refractivity contribution in [3.05, 3.63) is 0 Å². The number of rotatable bonds is 1. The van der Waals surface area contributed by atoms with Crippen molar-refractivity contribution in [2.45, 2.75) is 13.0 Å². The minimum absolute atomic E-state index is 0.162. The van der Waals surface area contributed by atoms with E-state index in [1.54, 1.807) is 0 Å². The average Bonchev–Trinajstić information content (AvgIpc) is 1.65. The van der Waals surface area contributed by atoms with Gasteiger partial charge in [-0.05, 0) is 6.92 Å². The molecule has 5 heteroatoms. The largest absolute Gasteiger partial charge is 0.503 e. The molecule has 0 radical (unpaired) electrons. The Morgan fingerprint density at radius 2 is 1.78 bits per heavy atom. The van der Waals surface area contributed by atoms with Crippen molar-refractivity contribution < 1.29 is 15.0 Å². The molecule has 0 aromatic carbocycles. The molecule has 0 heterocycles. The molecular weight excluding hydrogens is 124 g/mol. The molecule has 0 fully saturated rings. The van der Waals surface area contributed by atoms with Gasteiger partial charge in [0.15, 0.2) is 0 Å². The van der Waals surface area contributed by atoms with Crippen molar-refractivity contribution in [2.75, 3.05) is 6.54 Å². The lowest BCUT2D eigenvalue weighted by molar-refractivity contribution is 0.137. The van der Waals surface area contributed by atoms with Crippen LogP contribution in [0.15, 0.2) is 0 Å². The molecule has 0 amide bonds. The maximum absolute atomic E-state index is 8.56. The van der Waals surface area contributed by atoms with Crippen LogP contribution >= 0.6 is 0 Å². The van der Waals surface area contributed by atoms with Crippen LogP contribution in [0.1, 0.15) is 6.92 Å². The average molecular weight is 136 g/mol. The third-order valence-electron chi connectivity index (χ3n) is 0.372. The highest BCUT2D eigenvalue weighted by atomic mass is 16.6. The van der Waals surface area contributed by atoms with Crippen molar-refractivity contribution >= 4 is 6.16 Å². The summed E-state index contributed by atoms with van der Waals surface area (Å²) in [6.45, 7) is 2.46. The zero-order valence-electron chi connectivity index (χ0n) is 5.24. The first-order valence-electron chi connectivity index (χ1n) is 2.38. The topological polar surface area (TPSA) is 110 Å². The number of nitrogens with two attached hydrogens (primary N) is 2. The normalized spacial score (nSPS) is 11.0. The Morgan fingerprint density at radius 3 is 1.78 bits per heavy atom. The van der Waals surface area contributed by atoms with Gasteiger partial charge in [0.2, 0.25) is 0 Å². The maximum atomic E-state index is 8.56. The second-order valence-corrected chi connectivity index (χ2v) is 1.50. The molecule has 0 saturated heterocycles. The Bertz CT molecular complexity index is 70.2. The van der Waals surface area contributed by atoms with Crippen LogP contribution in [0.2, 0.25) is 0 Å². The minimum atomic E-state index is -1.83. The predicted octanol–water partition coefficient (Wildman–Crippen LogP) is -0.485. The molecule has 0 aliphatic heterocycles. The van der Waals surface area contributed by atoms with E-state index in [1.807, 2.05) is 6.92 Å². The summed E-state index contributed by atoms with van der Waals surface area (Å²) >= 11 is 0. The molecule has 0 aliphatic rings. The van der Waals surface area contributed by atoms with Gasteiger partial charge in [-0.3, -0.25) is 0 Å². The van der Waals surface area contributed by atoms with Gasteiger partial charge < -0.3 is 21.7 Å². The van der Waals surface area contributed by atoms with Crippen molar-refractivity contribution in [1.29, 1.82) is 0 Å². The van der Waals surface area contributed by atoms with E-state index in [9.17, 15) is 0 Å². The van der Waals surface area contributed by atoms with Crippen LogP contribution < -0.4 is 11.5 Å². The third kappa shape index (κ3) is 137. The molecule has 6 N–H and O–H groups in total. The highest BCUT2D eigenvalue weighted by Gasteiger charge is 1.79. The van der Waals surface area contributed by atoms with Gasteiger partial charge in [0.1, 0.15) is 0 Å². The quantitative estimate of drug-likeness (QED) is 0.389. The van der Waals surface area contributed by atoms with E-state index in [1.165, 1.54) is 0 Å². The molecule has 56 valence electrons. The maximum Gasteiger partial charge on any atom is 0.503 e. The lowest BCUT2D eigenvalue weighted by Crippen LogP contribution is -2.25. The van der Waals surface area contributed by atoms with E-state index in [0.717, 1.165) is 0 Å². The summed E-state index contributed by atoms with van der Waals surface area (Å²) < 4.78 is 0. The van der Waals surface area contributed by atoms with Crippen molar-refractivity contribution in [1.82, 2.24) is 0 Å². The molecule has 0 aliphatic carbocycles. The first kappa shape index (κ1) is 11.0. The number of carbonyl (C=O) groups is 1. The van der Waals surface area contributed by atoms with Gasteiger partial charge in [-0.15, -0.1) is 0 Å². The molecule has 1 atom stereocenters. The first-order chi connectivity index (χ1) is 4.00. The Labute approximate surface area is 53.3 Å². The van der Waals surface area contributed by atoms with E-state index in [4.69, 9.17) is 26.5 Å². The van der Waals surface area contributed by atoms with E-state index in [2.05, 4.69) is 0 Å². The predicted molar refractivity (Wildman–Crippen MR) is 33.4 cm³/mol. The molecule has 0 aromatic rings. The monoisotopic (exact) mass is 136 g/mol. The van der Waals surface area contributed by atoms with Crippen LogP contribution in [-0.2, 0) is 0 Å². The molecule has 5 nitrogen and oxygen atoms in total. The van der Waals surface area contributed by atoms with Crippen LogP contribution in [-0.4, -0.2) is 29.0 Å². The fourth-order valence-corrected chi connectivity index (χ4v) is 0. The van der Waals surface area contributed by atoms with Gasteiger partial charge in [-0.2, -0.15) is 0 Å². The Balaban J connectivity index is 0. The lowest BCUT2D eigenvalue weighted by Gasteiger charge is -1.92. The highest BCUT2D eigenvalue weighted by molar-refractivity contribution is 5.53. The summed E-state index contributed by atoms with van der Waals surface area (Å²) in [5.41, 5.74) is 10.2. The standard InChI is InChI=1S/C3H10N2.CH2O3/c1-3(5)2-4;2-1(3)4/h3H,2,4-5H2,1H3;(H2,2,3,4). The van der Waals surface area contributed by atoms with Crippen LogP contribution in [0.5, 0.6) is 0 Å². The van der Waals surface area contributed by atoms with Gasteiger partial charge >= 0.3 is 6.16 Å². The molecule has 0 rings (SSSR count). The fraction of sp³-hybridized carbons (Fsp3) is 0.750. The summed E-state index contributed by atoms with van der Waals surface area (Å²) in [5.74, 6) is 0. The highest BCUT2D eigenvalue weighted by Crippen LogP contribution is 1.59. The number of carboxylic acid groups (broad SMARTS) is 2. The molecule has 9 heavy (non-hydrogen) atoms. The molecular formula is C4H12N2O3. The third-order valence-corrected chi connectivity index (χ3v) is 0.372. The second-order valence-electron chi connectivity index (χ2n) is 1.50. The van der Waals surface area contributed by atoms with Crippen LogP contribution in [0.4, 0.5) is 4.79 Å². The fourth-order valence-electron chi connectivity index (χ4n) is 0. The zero-order valence-corrected chi connectivity index (χ0v) is 5.24. The van der Waals surface area contributed by atoms with E-state index < -0.39 is 6.16 Å². The molecule has 0 spiro atoms. The summed E-state index contributed by atoms with van der Waals surface area (Å²) in [4.78, 5) is 8.56. The Morgan fingerprint density at radius 1 is 1.67 bits per heavy atom. The molecule has 0 aromatic heterocycles. The van der Waals surface area contributed by atoms with Crippen molar-refractivity contribution in [2.24, 2.45) is 11.5 Å². The molecule has 0 bridgehead atoms. The van der Waals surface area contributed by atoms with Crippen LogP contribution in [0.3, 0.4) is 0 Å². The summed E-state index contributed by atoms with van der Waals surface area (Å²) in [6.07, 6.45) is -1.83. The lowest BCUT2D eigenvalue weighted by atomic mass is 10.4. The summed E-state index contributed by atoms with van der Waals surface area (Å²) in [5, 5.41) is 13.9. The van der Waals surface area contributed by atoms with Crippen LogP contribution in [0, 0.1) is 0 Å².